The number of hydrogen-bond donors (Lipinski definition) is 2. The van der Waals surface area contributed by atoms with Crippen LogP contribution in [0.5, 0.6) is 0 Å². The number of nitrogens with one attached hydrogen (secondary N) is 1. The van der Waals surface area contributed by atoms with Crippen LogP contribution < -0.4 is 9.62 Å². The van der Waals surface area contributed by atoms with E-state index in [0.717, 1.165) is 25.2 Å². The van der Waals surface area contributed by atoms with Crippen LogP contribution in [-0.4, -0.2) is 44.7 Å². The summed E-state index contributed by atoms with van der Waals surface area (Å²) in [4.78, 5) is 6.37. The minimum atomic E-state index is -3.44. The lowest BCUT2D eigenvalue weighted by molar-refractivity contribution is 0.136. The highest BCUT2D eigenvalue weighted by Gasteiger charge is 2.54. The van der Waals surface area contributed by atoms with Crippen molar-refractivity contribution >= 4 is 15.8 Å². The van der Waals surface area contributed by atoms with Crippen LogP contribution in [0.25, 0.3) is 0 Å². The first-order valence-corrected chi connectivity index (χ1v) is 7.78. The normalized spacial score (nSPS) is 24.9. The molecule has 3 rings (SSSR count). The maximum Gasteiger partial charge on any atom is 0.241 e. The zero-order valence-electron chi connectivity index (χ0n) is 10.7. The topological polar surface area (TPSA) is 82.5 Å². The molecule has 2 heterocycles. The van der Waals surface area contributed by atoms with Crippen molar-refractivity contribution in [1.29, 1.82) is 0 Å². The maximum atomic E-state index is 11.6. The van der Waals surface area contributed by atoms with Crippen molar-refractivity contribution in [3.8, 4) is 0 Å². The van der Waals surface area contributed by atoms with E-state index in [1.54, 1.807) is 12.1 Å². The fourth-order valence-corrected chi connectivity index (χ4v) is 3.29. The Morgan fingerprint density at radius 3 is 2.68 bits per heavy atom. The molecular formula is C12H17N3O3S. The van der Waals surface area contributed by atoms with Gasteiger partial charge in [-0.25, -0.2) is 18.1 Å². The molecule has 0 radical (unpaired) electrons. The van der Waals surface area contributed by atoms with Gasteiger partial charge in [-0.15, -0.1) is 0 Å². The number of β-amino-alcohol motifs (C(OH)–C–C–N with tert-alkyl or cyclic N) is 1. The molecule has 2 aliphatic rings. The van der Waals surface area contributed by atoms with E-state index < -0.39 is 10.0 Å². The minimum absolute atomic E-state index is 0.0669. The van der Waals surface area contributed by atoms with Gasteiger partial charge >= 0.3 is 0 Å². The van der Waals surface area contributed by atoms with Crippen LogP contribution in [0.3, 0.4) is 0 Å². The van der Waals surface area contributed by atoms with Gasteiger partial charge in [-0.2, -0.15) is 0 Å². The van der Waals surface area contributed by atoms with E-state index in [1.165, 1.54) is 13.2 Å². The van der Waals surface area contributed by atoms with Gasteiger partial charge < -0.3 is 10.0 Å². The summed E-state index contributed by atoms with van der Waals surface area (Å²) in [5, 5.41) is 10.00. The van der Waals surface area contributed by atoms with Crippen LogP contribution in [0.2, 0.25) is 0 Å². The van der Waals surface area contributed by atoms with Crippen LogP contribution in [0.1, 0.15) is 12.8 Å². The summed E-state index contributed by atoms with van der Waals surface area (Å²) in [6, 6.07) is 3.23. The Morgan fingerprint density at radius 2 is 2.21 bits per heavy atom. The highest BCUT2D eigenvalue weighted by molar-refractivity contribution is 7.89. The third kappa shape index (κ3) is 2.11. The molecule has 1 aliphatic heterocycles. The fraction of sp³-hybridized carbons (Fsp3) is 0.583. The molecular weight excluding hydrogens is 266 g/mol. The van der Waals surface area contributed by atoms with E-state index in [4.69, 9.17) is 0 Å². The smallest absolute Gasteiger partial charge is 0.241 e. The SMILES string of the molecule is CNS(=O)(=O)c1ccc(N2CC(O)C3(CC3)C2)nc1. The van der Waals surface area contributed by atoms with Crippen molar-refractivity contribution in [2.45, 2.75) is 23.8 Å². The first-order valence-electron chi connectivity index (χ1n) is 6.29. The molecule has 104 valence electrons. The number of aliphatic hydroxyl groups is 1. The van der Waals surface area contributed by atoms with Crippen LogP contribution in [0.4, 0.5) is 5.82 Å². The van der Waals surface area contributed by atoms with E-state index in [0.29, 0.717) is 6.54 Å². The molecule has 19 heavy (non-hydrogen) atoms. The number of sulfonamides is 1. The molecule has 7 heteroatoms. The van der Waals surface area contributed by atoms with Gasteiger partial charge in [0, 0.05) is 24.7 Å². The van der Waals surface area contributed by atoms with Crippen molar-refractivity contribution in [2.24, 2.45) is 5.41 Å². The molecule has 0 aromatic carbocycles. The van der Waals surface area contributed by atoms with Gasteiger partial charge in [0.25, 0.3) is 0 Å². The highest BCUT2D eigenvalue weighted by Crippen LogP contribution is 2.53. The zero-order valence-corrected chi connectivity index (χ0v) is 11.5. The monoisotopic (exact) mass is 283 g/mol. The molecule has 6 nitrogen and oxygen atoms in total. The van der Waals surface area contributed by atoms with E-state index in [2.05, 4.69) is 9.71 Å². The largest absolute Gasteiger partial charge is 0.391 e. The number of hydrogen-bond acceptors (Lipinski definition) is 5. The number of pyridine rings is 1. The molecule has 1 aliphatic carbocycles. The molecule has 1 atom stereocenters. The highest BCUT2D eigenvalue weighted by atomic mass is 32.2. The second kappa shape index (κ2) is 4.16. The minimum Gasteiger partial charge on any atom is -0.391 e. The first kappa shape index (κ1) is 12.8. The summed E-state index contributed by atoms with van der Waals surface area (Å²) in [6.07, 6.45) is 3.19. The Balaban J connectivity index is 1.81. The van der Waals surface area contributed by atoms with E-state index in [-0.39, 0.29) is 16.4 Å². The molecule has 1 unspecified atom stereocenters. The van der Waals surface area contributed by atoms with Gasteiger partial charge in [-0.3, -0.25) is 0 Å². The molecule has 1 saturated carbocycles. The average Bonchev–Trinajstić information content (AvgIpc) is 3.11. The van der Waals surface area contributed by atoms with Gasteiger partial charge in [0.1, 0.15) is 10.7 Å². The van der Waals surface area contributed by atoms with Crippen molar-refractivity contribution in [3.63, 3.8) is 0 Å². The fourth-order valence-electron chi connectivity index (χ4n) is 2.62. The third-order valence-corrected chi connectivity index (χ3v) is 5.52. The molecule has 1 aromatic rings. The number of aliphatic hydroxyl groups excluding tert-OH is 1. The van der Waals surface area contributed by atoms with E-state index >= 15 is 0 Å². The quantitative estimate of drug-likeness (QED) is 0.813. The van der Waals surface area contributed by atoms with Gasteiger partial charge in [0.05, 0.1) is 6.10 Å². The van der Waals surface area contributed by atoms with Gasteiger partial charge in [0.2, 0.25) is 10.0 Å². The molecule has 1 aromatic heterocycles. The summed E-state index contributed by atoms with van der Waals surface area (Å²) in [7, 11) is -2.07. The maximum absolute atomic E-state index is 11.6. The number of nitrogens with zero attached hydrogens (tertiary/aromatic N) is 2. The number of aromatic nitrogens is 1. The molecule has 1 saturated heterocycles. The van der Waals surface area contributed by atoms with E-state index in [9.17, 15) is 13.5 Å². The lowest BCUT2D eigenvalue weighted by atomic mass is 10.0. The molecule has 2 N–H and O–H groups in total. The zero-order chi connectivity index (χ0) is 13.7. The predicted molar refractivity (Wildman–Crippen MR) is 70.4 cm³/mol. The van der Waals surface area contributed by atoms with E-state index in [1.807, 2.05) is 4.90 Å². The standard InChI is InChI=1S/C12H17N3O3S/c1-13-19(17,18)9-2-3-11(14-6-9)15-7-10(16)12(8-15)4-5-12/h2-3,6,10,13,16H,4-5,7-8H2,1H3. The third-order valence-electron chi connectivity index (χ3n) is 4.12. The average molecular weight is 283 g/mol. The second-order valence-corrected chi connectivity index (χ2v) is 7.20. The Labute approximate surface area is 112 Å². The predicted octanol–water partition coefficient (Wildman–Crippen LogP) is -0.0492. The summed E-state index contributed by atoms with van der Waals surface area (Å²) in [5.41, 5.74) is 0.0669. The van der Waals surface area contributed by atoms with Crippen molar-refractivity contribution < 1.29 is 13.5 Å². The Morgan fingerprint density at radius 1 is 1.47 bits per heavy atom. The summed E-state index contributed by atoms with van der Waals surface area (Å²) in [5.74, 6) is 0.720. The molecule has 0 bridgehead atoms. The van der Waals surface area contributed by atoms with Crippen LogP contribution in [0.15, 0.2) is 23.2 Å². The summed E-state index contributed by atoms with van der Waals surface area (Å²) in [6.45, 7) is 1.38. The van der Waals surface area contributed by atoms with Crippen molar-refractivity contribution in [3.05, 3.63) is 18.3 Å². The van der Waals surface area contributed by atoms with Gasteiger partial charge in [0.15, 0.2) is 0 Å². The van der Waals surface area contributed by atoms with Crippen LogP contribution in [-0.2, 0) is 10.0 Å². The van der Waals surface area contributed by atoms with Crippen LogP contribution in [0, 0.1) is 5.41 Å². The molecule has 2 fully saturated rings. The Hall–Kier alpha value is -1.18. The van der Waals surface area contributed by atoms with Crippen LogP contribution >= 0.6 is 0 Å². The van der Waals surface area contributed by atoms with Crippen molar-refractivity contribution in [1.82, 2.24) is 9.71 Å². The molecule has 0 amide bonds. The first-order chi connectivity index (χ1) is 8.97. The van der Waals surface area contributed by atoms with Gasteiger partial charge in [-0.1, -0.05) is 0 Å². The Bertz CT molecular complexity index is 581. The van der Waals surface area contributed by atoms with Gasteiger partial charge in [-0.05, 0) is 32.0 Å². The second-order valence-electron chi connectivity index (χ2n) is 5.32. The number of anilines is 1. The number of rotatable bonds is 3. The summed E-state index contributed by atoms with van der Waals surface area (Å²) < 4.78 is 25.4. The van der Waals surface area contributed by atoms with Crippen molar-refractivity contribution in [2.75, 3.05) is 25.0 Å². The lowest BCUT2D eigenvalue weighted by Gasteiger charge is -2.17. The Kier molecular flexibility index (Phi) is 2.81. The molecule has 1 spiro atoms. The summed E-state index contributed by atoms with van der Waals surface area (Å²) >= 11 is 0. The lowest BCUT2D eigenvalue weighted by Crippen LogP contribution is -2.23.